The molecule has 2 aromatic heterocycles. The predicted molar refractivity (Wildman–Crippen MR) is 60.6 cm³/mol. The Bertz CT molecular complexity index is 522. The predicted octanol–water partition coefficient (Wildman–Crippen LogP) is 1.64. The topological polar surface area (TPSA) is 94.1 Å². The second-order valence-corrected chi connectivity index (χ2v) is 4.27. The molecule has 0 bridgehead atoms. The van der Waals surface area contributed by atoms with Crippen molar-refractivity contribution in [2.24, 2.45) is 0 Å². The molecule has 0 spiro atoms. The van der Waals surface area contributed by atoms with E-state index in [0.29, 0.717) is 24.8 Å². The summed E-state index contributed by atoms with van der Waals surface area (Å²) >= 11 is 1.12. The van der Waals surface area contributed by atoms with Crippen LogP contribution >= 0.6 is 11.3 Å². The molecule has 0 aliphatic carbocycles. The van der Waals surface area contributed by atoms with Gasteiger partial charge >= 0.3 is 5.00 Å². The monoisotopic (exact) mass is 254 g/mol. The van der Waals surface area contributed by atoms with E-state index < -0.39 is 4.92 Å². The van der Waals surface area contributed by atoms with E-state index in [1.807, 2.05) is 0 Å². The van der Waals surface area contributed by atoms with Crippen molar-refractivity contribution < 1.29 is 9.45 Å². The van der Waals surface area contributed by atoms with Crippen molar-refractivity contribution >= 4 is 16.3 Å². The molecule has 0 fully saturated rings. The molecule has 0 radical (unpaired) electrons. The fraction of sp³-hybridized carbons (Fsp3) is 0.333. The molecule has 8 heteroatoms. The van der Waals surface area contributed by atoms with Crippen LogP contribution in [0.3, 0.4) is 0 Å². The van der Waals surface area contributed by atoms with E-state index >= 15 is 0 Å². The molecule has 7 nitrogen and oxygen atoms in total. The Labute approximate surface area is 101 Å². The van der Waals surface area contributed by atoms with Gasteiger partial charge in [-0.05, 0) is 5.56 Å². The third-order valence-electron chi connectivity index (χ3n) is 2.00. The summed E-state index contributed by atoms with van der Waals surface area (Å²) in [6.45, 7) is 2.73. The highest BCUT2D eigenvalue weighted by Crippen LogP contribution is 2.22. The van der Waals surface area contributed by atoms with Gasteiger partial charge in [-0.15, -0.1) is 0 Å². The third kappa shape index (κ3) is 3.08. The highest BCUT2D eigenvalue weighted by Gasteiger charge is 2.09. The number of aromatic nitrogens is 2. The fourth-order valence-corrected chi connectivity index (χ4v) is 2.01. The van der Waals surface area contributed by atoms with Crippen LogP contribution in [0.25, 0.3) is 0 Å². The second-order valence-electron chi connectivity index (χ2n) is 3.38. The minimum absolute atomic E-state index is 0.150. The molecule has 0 unspecified atom stereocenters. The van der Waals surface area contributed by atoms with Crippen LogP contribution in [0, 0.1) is 17.0 Å². The van der Waals surface area contributed by atoms with Crippen LogP contribution in [0.15, 0.2) is 16.0 Å². The van der Waals surface area contributed by atoms with Crippen molar-refractivity contribution in [1.82, 2.24) is 15.5 Å². The van der Waals surface area contributed by atoms with Crippen molar-refractivity contribution in [2.75, 3.05) is 0 Å². The minimum atomic E-state index is -0.392. The molecule has 0 saturated carbocycles. The number of nitrogens with one attached hydrogen (secondary N) is 1. The van der Waals surface area contributed by atoms with Crippen LogP contribution in [-0.2, 0) is 13.1 Å². The molecule has 0 aliphatic heterocycles. The number of aryl methyl sites for hydroxylation is 1. The molecule has 90 valence electrons. The summed E-state index contributed by atoms with van der Waals surface area (Å²) in [6, 6.07) is 1.55. The van der Waals surface area contributed by atoms with Crippen LogP contribution in [0.4, 0.5) is 5.00 Å². The lowest BCUT2D eigenvalue weighted by Crippen LogP contribution is -2.13. The maximum Gasteiger partial charge on any atom is 0.324 e. The first kappa shape index (κ1) is 11.7. The average Bonchev–Trinajstić information content (AvgIpc) is 2.88. The van der Waals surface area contributed by atoms with E-state index in [1.54, 1.807) is 18.4 Å². The first-order valence-electron chi connectivity index (χ1n) is 4.87. The summed E-state index contributed by atoms with van der Waals surface area (Å²) in [6.07, 6.45) is 0. The standard InChI is InChI=1S/C9H10N4O3S/c1-6-11-8(12-16-6)4-10-3-7-2-9(13(14)15)17-5-7/h2,5,10H,3-4H2,1H3. The number of nitrogens with zero attached hydrogens (tertiary/aromatic N) is 3. The lowest BCUT2D eigenvalue weighted by atomic mass is 10.3. The Morgan fingerprint density at radius 1 is 1.59 bits per heavy atom. The van der Waals surface area contributed by atoms with Crippen molar-refractivity contribution in [3.63, 3.8) is 0 Å². The zero-order chi connectivity index (χ0) is 12.3. The van der Waals surface area contributed by atoms with E-state index in [9.17, 15) is 10.1 Å². The lowest BCUT2D eigenvalue weighted by molar-refractivity contribution is -0.380. The normalized spacial score (nSPS) is 10.6. The quantitative estimate of drug-likeness (QED) is 0.643. The van der Waals surface area contributed by atoms with Crippen LogP contribution in [0.5, 0.6) is 0 Å². The molecular weight excluding hydrogens is 244 g/mol. The molecule has 0 aliphatic rings. The van der Waals surface area contributed by atoms with Gasteiger partial charge in [0, 0.05) is 24.9 Å². The molecule has 2 rings (SSSR count). The smallest absolute Gasteiger partial charge is 0.324 e. The Balaban J connectivity index is 1.83. The first-order valence-corrected chi connectivity index (χ1v) is 5.75. The summed E-state index contributed by atoms with van der Waals surface area (Å²) in [5.41, 5.74) is 0.877. The molecule has 17 heavy (non-hydrogen) atoms. The highest BCUT2D eigenvalue weighted by atomic mass is 32.1. The molecule has 2 aromatic rings. The number of hydrogen-bond donors (Lipinski definition) is 1. The Kier molecular flexibility index (Phi) is 3.45. The molecule has 0 aromatic carbocycles. The van der Waals surface area contributed by atoms with Gasteiger partial charge in [-0.25, -0.2) is 0 Å². The van der Waals surface area contributed by atoms with Gasteiger partial charge in [0.1, 0.15) is 0 Å². The van der Waals surface area contributed by atoms with Gasteiger partial charge in [-0.1, -0.05) is 16.5 Å². The SMILES string of the molecule is Cc1nc(CNCc2csc([N+](=O)[O-])c2)no1. The van der Waals surface area contributed by atoms with Crippen molar-refractivity contribution in [1.29, 1.82) is 0 Å². The van der Waals surface area contributed by atoms with Crippen LogP contribution < -0.4 is 5.32 Å². The van der Waals surface area contributed by atoms with E-state index in [0.717, 1.165) is 16.9 Å². The van der Waals surface area contributed by atoms with Crippen LogP contribution in [0.1, 0.15) is 17.3 Å². The zero-order valence-electron chi connectivity index (χ0n) is 9.04. The summed E-state index contributed by atoms with van der Waals surface area (Å²) in [7, 11) is 0. The Hall–Kier alpha value is -1.80. The van der Waals surface area contributed by atoms with Crippen molar-refractivity contribution in [3.8, 4) is 0 Å². The van der Waals surface area contributed by atoms with E-state index in [1.165, 1.54) is 0 Å². The highest BCUT2D eigenvalue weighted by molar-refractivity contribution is 7.13. The van der Waals surface area contributed by atoms with E-state index in [-0.39, 0.29) is 5.00 Å². The number of hydrogen-bond acceptors (Lipinski definition) is 7. The van der Waals surface area contributed by atoms with Gasteiger partial charge in [-0.2, -0.15) is 4.98 Å². The molecule has 2 heterocycles. The fourth-order valence-electron chi connectivity index (χ4n) is 1.28. The van der Waals surface area contributed by atoms with E-state index in [2.05, 4.69) is 15.5 Å². The summed E-state index contributed by atoms with van der Waals surface area (Å²) in [5.74, 6) is 1.10. The Morgan fingerprint density at radius 3 is 3.00 bits per heavy atom. The number of rotatable bonds is 5. The molecule has 0 amide bonds. The molecule has 0 atom stereocenters. The Morgan fingerprint density at radius 2 is 2.41 bits per heavy atom. The van der Waals surface area contributed by atoms with Crippen molar-refractivity contribution in [2.45, 2.75) is 20.0 Å². The van der Waals surface area contributed by atoms with E-state index in [4.69, 9.17) is 4.52 Å². The van der Waals surface area contributed by atoms with Crippen LogP contribution in [0.2, 0.25) is 0 Å². The first-order chi connectivity index (χ1) is 8.15. The van der Waals surface area contributed by atoms with Gasteiger partial charge in [-0.3, -0.25) is 10.1 Å². The summed E-state index contributed by atoms with van der Waals surface area (Å²) < 4.78 is 4.81. The van der Waals surface area contributed by atoms with Gasteiger partial charge < -0.3 is 9.84 Å². The number of nitro groups is 1. The minimum Gasteiger partial charge on any atom is -0.340 e. The van der Waals surface area contributed by atoms with Gasteiger partial charge in [0.2, 0.25) is 5.89 Å². The third-order valence-corrected chi connectivity index (χ3v) is 2.93. The largest absolute Gasteiger partial charge is 0.340 e. The molecule has 0 saturated heterocycles. The maximum atomic E-state index is 10.5. The second kappa shape index (κ2) is 5.02. The van der Waals surface area contributed by atoms with Gasteiger partial charge in [0.05, 0.1) is 11.5 Å². The molecular formula is C9H10N4O3S. The van der Waals surface area contributed by atoms with Gasteiger partial charge in [0.25, 0.3) is 0 Å². The molecule has 1 N–H and O–H groups in total. The maximum absolute atomic E-state index is 10.5. The average molecular weight is 254 g/mol. The summed E-state index contributed by atoms with van der Waals surface area (Å²) in [5, 5.41) is 19.2. The summed E-state index contributed by atoms with van der Waals surface area (Å²) in [4.78, 5) is 14.1. The number of thiophene rings is 1. The van der Waals surface area contributed by atoms with Crippen molar-refractivity contribution in [3.05, 3.63) is 38.8 Å². The zero-order valence-corrected chi connectivity index (χ0v) is 9.86. The van der Waals surface area contributed by atoms with Gasteiger partial charge in [0.15, 0.2) is 5.82 Å². The lowest BCUT2D eigenvalue weighted by Gasteiger charge is -1.97. The van der Waals surface area contributed by atoms with Crippen LogP contribution in [-0.4, -0.2) is 15.1 Å².